The zero-order chi connectivity index (χ0) is 17.9. The van der Waals surface area contributed by atoms with Crippen molar-refractivity contribution in [3.8, 4) is 0 Å². The van der Waals surface area contributed by atoms with Gasteiger partial charge in [0.2, 0.25) is 11.8 Å². The molecule has 1 aliphatic rings. The van der Waals surface area contributed by atoms with Crippen molar-refractivity contribution in [1.29, 1.82) is 0 Å². The van der Waals surface area contributed by atoms with E-state index in [0.717, 1.165) is 50.7 Å². The summed E-state index contributed by atoms with van der Waals surface area (Å²) in [7, 11) is 0. The van der Waals surface area contributed by atoms with Crippen molar-refractivity contribution in [1.82, 2.24) is 39.6 Å². The molecule has 1 aliphatic heterocycles. The van der Waals surface area contributed by atoms with E-state index in [4.69, 9.17) is 4.42 Å². The third-order valence-electron chi connectivity index (χ3n) is 4.91. The summed E-state index contributed by atoms with van der Waals surface area (Å²) in [6.07, 6.45) is 5.86. The molecule has 3 aromatic heterocycles. The highest BCUT2D eigenvalue weighted by Crippen LogP contribution is 2.28. The van der Waals surface area contributed by atoms with Crippen LogP contribution in [-0.4, -0.2) is 52.7 Å². The summed E-state index contributed by atoms with van der Waals surface area (Å²) in [5.74, 6) is 3.82. The minimum Gasteiger partial charge on any atom is -0.424 e. The van der Waals surface area contributed by atoms with Crippen LogP contribution in [-0.2, 0) is 19.6 Å². The van der Waals surface area contributed by atoms with Crippen molar-refractivity contribution in [2.24, 2.45) is 0 Å². The third-order valence-corrected chi connectivity index (χ3v) is 4.91. The summed E-state index contributed by atoms with van der Waals surface area (Å²) in [4.78, 5) is 2.36. The van der Waals surface area contributed by atoms with E-state index in [9.17, 15) is 0 Å². The molecule has 138 valence electrons. The van der Waals surface area contributed by atoms with Crippen LogP contribution in [0.2, 0.25) is 0 Å². The van der Waals surface area contributed by atoms with Crippen LogP contribution in [0.5, 0.6) is 0 Å². The number of hydrogen-bond donors (Lipinski definition) is 0. The van der Waals surface area contributed by atoms with Crippen molar-refractivity contribution in [3.63, 3.8) is 0 Å². The van der Waals surface area contributed by atoms with E-state index in [1.165, 1.54) is 0 Å². The molecule has 0 atom stereocenters. The molecule has 1 saturated heterocycles. The Balaban J connectivity index is 1.40. The minimum absolute atomic E-state index is 0.439. The van der Waals surface area contributed by atoms with Gasteiger partial charge in [0, 0.05) is 31.8 Å². The van der Waals surface area contributed by atoms with Crippen molar-refractivity contribution in [2.45, 2.75) is 52.2 Å². The monoisotopic (exact) mass is 356 g/mol. The predicted molar refractivity (Wildman–Crippen MR) is 93.3 cm³/mol. The van der Waals surface area contributed by atoms with E-state index in [1.807, 2.05) is 23.9 Å². The van der Waals surface area contributed by atoms with Crippen LogP contribution in [0.15, 0.2) is 22.9 Å². The maximum atomic E-state index is 5.49. The quantitative estimate of drug-likeness (QED) is 0.663. The second-order valence-corrected chi connectivity index (χ2v) is 6.69. The second kappa shape index (κ2) is 7.36. The number of likely N-dealkylation sites (tertiary alicyclic amines) is 1. The lowest BCUT2D eigenvalue weighted by Crippen LogP contribution is -2.33. The highest BCUT2D eigenvalue weighted by molar-refractivity contribution is 5.05. The molecule has 0 saturated carbocycles. The van der Waals surface area contributed by atoms with Gasteiger partial charge in [0.1, 0.15) is 12.4 Å². The van der Waals surface area contributed by atoms with Crippen molar-refractivity contribution < 1.29 is 4.42 Å². The van der Waals surface area contributed by atoms with Crippen LogP contribution in [0, 0.1) is 6.92 Å². The minimum atomic E-state index is 0.439. The summed E-state index contributed by atoms with van der Waals surface area (Å²) in [6.45, 7) is 8.21. The molecule has 4 heterocycles. The molecule has 0 radical (unpaired) electrons. The molecule has 9 heteroatoms. The number of aryl methyl sites for hydroxylation is 1. The van der Waals surface area contributed by atoms with E-state index in [-0.39, 0.29) is 0 Å². The zero-order valence-electron chi connectivity index (χ0n) is 15.2. The van der Waals surface area contributed by atoms with Crippen LogP contribution in [0.1, 0.15) is 49.1 Å². The van der Waals surface area contributed by atoms with Gasteiger partial charge in [-0.25, -0.2) is 0 Å². The molecule has 0 amide bonds. The van der Waals surface area contributed by atoms with Gasteiger partial charge in [-0.3, -0.25) is 9.58 Å². The van der Waals surface area contributed by atoms with Crippen LogP contribution in [0.4, 0.5) is 0 Å². The highest BCUT2D eigenvalue weighted by Gasteiger charge is 2.26. The summed E-state index contributed by atoms with van der Waals surface area (Å²) in [5.41, 5.74) is 0. The SMILES string of the molecule is CCn1c(Cn2cccn2)nnc1C1CCN(Cc2nnc(C)o2)CC1. The molecule has 1 fully saturated rings. The van der Waals surface area contributed by atoms with Gasteiger partial charge < -0.3 is 8.98 Å². The van der Waals surface area contributed by atoms with E-state index < -0.39 is 0 Å². The Labute approximate surface area is 152 Å². The molecule has 0 spiro atoms. The zero-order valence-corrected chi connectivity index (χ0v) is 15.2. The number of hydrogen-bond acceptors (Lipinski definition) is 7. The second-order valence-electron chi connectivity index (χ2n) is 6.69. The van der Waals surface area contributed by atoms with Gasteiger partial charge in [-0.1, -0.05) is 0 Å². The Hall–Kier alpha value is -2.55. The molecular weight excluding hydrogens is 332 g/mol. The highest BCUT2D eigenvalue weighted by atomic mass is 16.4. The molecule has 0 N–H and O–H groups in total. The molecular formula is C17H24N8O. The Morgan fingerprint density at radius 3 is 2.62 bits per heavy atom. The number of rotatable bonds is 6. The molecule has 0 aliphatic carbocycles. The van der Waals surface area contributed by atoms with Crippen molar-refractivity contribution in [2.75, 3.05) is 13.1 Å². The van der Waals surface area contributed by atoms with Gasteiger partial charge in [0.25, 0.3) is 0 Å². The number of aromatic nitrogens is 7. The fourth-order valence-electron chi connectivity index (χ4n) is 3.59. The smallest absolute Gasteiger partial charge is 0.230 e. The fraction of sp³-hybridized carbons (Fsp3) is 0.588. The number of piperidine rings is 1. The summed E-state index contributed by atoms with van der Waals surface area (Å²) >= 11 is 0. The molecule has 0 unspecified atom stereocenters. The maximum Gasteiger partial charge on any atom is 0.230 e. The largest absolute Gasteiger partial charge is 0.424 e. The summed E-state index contributed by atoms with van der Waals surface area (Å²) < 4.78 is 9.61. The van der Waals surface area contributed by atoms with Gasteiger partial charge in [0.15, 0.2) is 5.82 Å². The molecule has 26 heavy (non-hydrogen) atoms. The predicted octanol–water partition coefficient (Wildman–Crippen LogP) is 1.61. The molecule has 9 nitrogen and oxygen atoms in total. The third kappa shape index (κ3) is 3.52. The molecule has 0 bridgehead atoms. The van der Waals surface area contributed by atoms with Gasteiger partial charge in [0.05, 0.1) is 6.54 Å². The Bertz CT molecular complexity index is 829. The first-order chi connectivity index (χ1) is 12.7. The van der Waals surface area contributed by atoms with Crippen LogP contribution in [0.3, 0.4) is 0 Å². The van der Waals surface area contributed by atoms with Crippen LogP contribution in [0.25, 0.3) is 0 Å². The Morgan fingerprint density at radius 1 is 1.12 bits per heavy atom. The normalized spacial score (nSPS) is 16.4. The van der Waals surface area contributed by atoms with Gasteiger partial charge in [-0.2, -0.15) is 5.10 Å². The average Bonchev–Trinajstić information content (AvgIpc) is 3.38. The summed E-state index contributed by atoms with van der Waals surface area (Å²) in [5, 5.41) is 21.2. The van der Waals surface area contributed by atoms with Crippen molar-refractivity contribution in [3.05, 3.63) is 41.9 Å². The van der Waals surface area contributed by atoms with E-state index in [2.05, 4.69) is 41.9 Å². The first-order valence-corrected chi connectivity index (χ1v) is 9.13. The van der Waals surface area contributed by atoms with Gasteiger partial charge in [-0.05, 0) is 38.9 Å². The van der Waals surface area contributed by atoms with E-state index in [0.29, 0.717) is 24.2 Å². The molecule has 4 rings (SSSR count). The van der Waals surface area contributed by atoms with Crippen LogP contribution < -0.4 is 0 Å². The Kier molecular flexibility index (Phi) is 4.79. The summed E-state index contributed by atoms with van der Waals surface area (Å²) in [6, 6.07) is 1.92. The first-order valence-electron chi connectivity index (χ1n) is 9.13. The van der Waals surface area contributed by atoms with Crippen molar-refractivity contribution >= 4 is 0 Å². The topological polar surface area (TPSA) is 90.7 Å². The van der Waals surface area contributed by atoms with Crippen LogP contribution >= 0.6 is 0 Å². The van der Waals surface area contributed by atoms with E-state index in [1.54, 1.807) is 6.20 Å². The lowest BCUT2D eigenvalue weighted by atomic mass is 9.96. The molecule has 3 aromatic rings. The Morgan fingerprint density at radius 2 is 1.96 bits per heavy atom. The molecule has 0 aromatic carbocycles. The van der Waals surface area contributed by atoms with Gasteiger partial charge >= 0.3 is 0 Å². The first kappa shape index (κ1) is 16.9. The maximum absolute atomic E-state index is 5.49. The number of nitrogens with zero attached hydrogens (tertiary/aromatic N) is 8. The lowest BCUT2D eigenvalue weighted by Gasteiger charge is -2.30. The lowest BCUT2D eigenvalue weighted by molar-refractivity contribution is 0.183. The standard InChI is InChI=1S/C17H24N8O/c1-3-25-15(11-24-8-4-7-18-24)20-22-17(25)14-5-9-23(10-6-14)12-16-21-19-13(2)26-16/h4,7-8,14H,3,5-6,9-12H2,1-2H3. The van der Waals surface area contributed by atoms with Gasteiger partial charge in [-0.15, -0.1) is 20.4 Å². The van der Waals surface area contributed by atoms with E-state index >= 15 is 0 Å². The fourth-order valence-corrected chi connectivity index (χ4v) is 3.59. The average molecular weight is 356 g/mol.